The summed E-state index contributed by atoms with van der Waals surface area (Å²) in [5.74, 6) is 1.46. The fourth-order valence-electron chi connectivity index (χ4n) is 2.89. The predicted molar refractivity (Wildman–Crippen MR) is 112 cm³/mol. The van der Waals surface area contributed by atoms with Crippen molar-refractivity contribution in [1.82, 2.24) is 19.7 Å². The fraction of sp³-hybridized carbons (Fsp3) is 0.0952. The van der Waals surface area contributed by atoms with E-state index in [2.05, 4.69) is 19.8 Å². The lowest BCUT2D eigenvalue weighted by atomic mass is 10.3. The van der Waals surface area contributed by atoms with Crippen molar-refractivity contribution < 1.29 is 13.2 Å². The van der Waals surface area contributed by atoms with Gasteiger partial charge in [-0.3, -0.25) is 4.72 Å². The molecule has 8 nitrogen and oxygen atoms in total. The Morgan fingerprint density at radius 3 is 2.33 bits per heavy atom. The van der Waals surface area contributed by atoms with E-state index in [0.717, 1.165) is 11.4 Å². The van der Waals surface area contributed by atoms with Crippen molar-refractivity contribution in [1.29, 1.82) is 0 Å². The quantitative estimate of drug-likeness (QED) is 0.507. The summed E-state index contributed by atoms with van der Waals surface area (Å²) in [5.41, 5.74) is 2.27. The van der Waals surface area contributed by atoms with Gasteiger partial charge in [-0.15, -0.1) is 0 Å². The fourth-order valence-corrected chi connectivity index (χ4v) is 3.97. The van der Waals surface area contributed by atoms with Gasteiger partial charge in [0.25, 0.3) is 10.0 Å². The Labute approximate surface area is 174 Å². The Morgan fingerprint density at radius 1 is 0.933 bits per heavy atom. The van der Waals surface area contributed by atoms with Crippen molar-refractivity contribution in [3.8, 4) is 17.4 Å². The van der Waals surface area contributed by atoms with Crippen LogP contribution in [0.25, 0.3) is 5.82 Å². The van der Waals surface area contributed by atoms with Crippen molar-refractivity contribution in [2.75, 3.05) is 4.72 Å². The molecule has 0 radical (unpaired) electrons. The molecule has 0 fully saturated rings. The van der Waals surface area contributed by atoms with Gasteiger partial charge in [-0.2, -0.15) is 5.10 Å². The molecule has 4 rings (SSSR count). The number of ether oxygens (including phenoxy) is 1. The molecule has 0 unspecified atom stereocenters. The van der Waals surface area contributed by atoms with E-state index >= 15 is 0 Å². The van der Waals surface area contributed by atoms with Crippen LogP contribution >= 0.6 is 0 Å². The van der Waals surface area contributed by atoms with Crippen LogP contribution in [0.1, 0.15) is 11.4 Å². The Kier molecular flexibility index (Phi) is 5.20. The molecule has 0 saturated heterocycles. The summed E-state index contributed by atoms with van der Waals surface area (Å²) in [6.45, 7) is 3.85. The molecule has 9 heteroatoms. The van der Waals surface area contributed by atoms with Crippen molar-refractivity contribution in [2.24, 2.45) is 0 Å². The molecule has 2 aromatic heterocycles. The number of nitrogens with zero attached hydrogens (tertiary/aromatic N) is 4. The van der Waals surface area contributed by atoms with Gasteiger partial charge in [-0.25, -0.2) is 23.1 Å². The van der Waals surface area contributed by atoms with Crippen molar-refractivity contribution in [3.63, 3.8) is 0 Å². The number of anilines is 1. The second-order valence-electron chi connectivity index (χ2n) is 6.60. The minimum absolute atomic E-state index is 0.197. The molecule has 0 atom stereocenters. The SMILES string of the molecule is Cc1cc(C)n(-c2cc(Oc3ccc(NS(=O)(=O)c4ccccc4)cc3)ncn2)n1. The van der Waals surface area contributed by atoms with Crippen LogP contribution < -0.4 is 9.46 Å². The minimum Gasteiger partial charge on any atom is -0.439 e. The monoisotopic (exact) mass is 421 g/mol. The van der Waals surface area contributed by atoms with Gasteiger partial charge in [0.1, 0.15) is 12.1 Å². The number of aromatic nitrogens is 4. The highest BCUT2D eigenvalue weighted by atomic mass is 32.2. The molecule has 0 saturated carbocycles. The molecule has 1 N–H and O–H groups in total. The lowest BCUT2D eigenvalue weighted by Crippen LogP contribution is -2.12. The first-order valence-corrected chi connectivity index (χ1v) is 10.6. The van der Waals surface area contributed by atoms with Crippen LogP contribution in [-0.2, 0) is 10.0 Å². The smallest absolute Gasteiger partial charge is 0.261 e. The number of sulfonamides is 1. The van der Waals surface area contributed by atoms with E-state index in [0.29, 0.717) is 23.1 Å². The molecule has 0 aliphatic heterocycles. The summed E-state index contributed by atoms with van der Waals surface area (Å²) < 4.78 is 34.9. The second-order valence-corrected chi connectivity index (χ2v) is 8.28. The molecule has 0 bridgehead atoms. The van der Waals surface area contributed by atoms with Crippen LogP contribution in [0.3, 0.4) is 0 Å². The average Bonchev–Trinajstić information content (AvgIpc) is 3.08. The van der Waals surface area contributed by atoms with Gasteiger partial charge in [0.15, 0.2) is 5.82 Å². The summed E-state index contributed by atoms with van der Waals surface area (Å²) in [6.07, 6.45) is 1.41. The normalized spacial score (nSPS) is 11.3. The van der Waals surface area contributed by atoms with Gasteiger partial charge in [-0.1, -0.05) is 18.2 Å². The standard InChI is InChI=1S/C21H19N5O3S/c1-15-12-16(2)26(24-15)20-13-21(23-14-22-20)29-18-10-8-17(9-11-18)25-30(27,28)19-6-4-3-5-7-19/h3-14,25H,1-2H3. The number of benzene rings is 2. The summed E-state index contributed by atoms with van der Waals surface area (Å²) in [5, 5.41) is 4.40. The molecule has 0 aliphatic carbocycles. The third kappa shape index (κ3) is 4.31. The Balaban J connectivity index is 1.49. The molecule has 4 aromatic rings. The highest BCUT2D eigenvalue weighted by Crippen LogP contribution is 2.24. The van der Waals surface area contributed by atoms with Crippen LogP contribution in [-0.4, -0.2) is 28.2 Å². The summed E-state index contributed by atoms with van der Waals surface area (Å²) in [6, 6.07) is 18.4. The van der Waals surface area contributed by atoms with Crippen molar-refractivity contribution in [2.45, 2.75) is 18.7 Å². The minimum atomic E-state index is -3.64. The van der Waals surface area contributed by atoms with Gasteiger partial charge < -0.3 is 4.74 Å². The predicted octanol–water partition coefficient (Wildman–Crippen LogP) is 3.87. The molecule has 0 amide bonds. The van der Waals surface area contributed by atoms with Gasteiger partial charge >= 0.3 is 0 Å². The molecule has 2 heterocycles. The summed E-state index contributed by atoms with van der Waals surface area (Å²) in [4.78, 5) is 8.57. The van der Waals surface area contributed by atoms with E-state index in [1.165, 1.54) is 18.5 Å². The first kappa shape index (κ1) is 19.6. The third-order valence-corrected chi connectivity index (χ3v) is 5.63. The first-order chi connectivity index (χ1) is 14.4. The molecule has 30 heavy (non-hydrogen) atoms. The topological polar surface area (TPSA) is 99.0 Å². The van der Waals surface area contributed by atoms with Crippen LogP contribution in [0.4, 0.5) is 5.69 Å². The zero-order valence-corrected chi connectivity index (χ0v) is 17.2. The van der Waals surface area contributed by atoms with E-state index in [-0.39, 0.29) is 4.90 Å². The van der Waals surface area contributed by atoms with E-state index in [1.54, 1.807) is 53.2 Å². The van der Waals surface area contributed by atoms with E-state index in [9.17, 15) is 8.42 Å². The van der Waals surface area contributed by atoms with E-state index < -0.39 is 10.0 Å². The van der Waals surface area contributed by atoms with E-state index in [4.69, 9.17) is 4.74 Å². The van der Waals surface area contributed by atoms with Crippen molar-refractivity contribution in [3.05, 3.63) is 84.4 Å². The Morgan fingerprint density at radius 2 is 1.67 bits per heavy atom. The zero-order valence-electron chi connectivity index (χ0n) is 16.4. The van der Waals surface area contributed by atoms with Crippen LogP contribution in [0.5, 0.6) is 11.6 Å². The maximum atomic E-state index is 12.4. The van der Waals surface area contributed by atoms with Gasteiger partial charge in [0.05, 0.1) is 10.6 Å². The number of hydrogen-bond acceptors (Lipinski definition) is 6. The first-order valence-electron chi connectivity index (χ1n) is 9.12. The highest BCUT2D eigenvalue weighted by Gasteiger charge is 2.13. The molecule has 2 aromatic carbocycles. The molecule has 0 aliphatic rings. The number of rotatable bonds is 6. The van der Waals surface area contributed by atoms with Gasteiger partial charge in [0, 0.05) is 17.4 Å². The summed E-state index contributed by atoms with van der Waals surface area (Å²) in [7, 11) is -3.64. The number of hydrogen-bond donors (Lipinski definition) is 1. The molecule has 152 valence electrons. The summed E-state index contributed by atoms with van der Waals surface area (Å²) >= 11 is 0. The lowest BCUT2D eigenvalue weighted by molar-refractivity contribution is 0.460. The van der Waals surface area contributed by atoms with Gasteiger partial charge in [0.2, 0.25) is 5.88 Å². The molecular formula is C21H19N5O3S. The van der Waals surface area contributed by atoms with Crippen molar-refractivity contribution >= 4 is 15.7 Å². The van der Waals surface area contributed by atoms with Crippen LogP contribution in [0, 0.1) is 13.8 Å². The van der Waals surface area contributed by atoms with Crippen LogP contribution in [0.2, 0.25) is 0 Å². The number of nitrogens with one attached hydrogen (secondary N) is 1. The second kappa shape index (κ2) is 7.96. The third-order valence-electron chi connectivity index (χ3n) is 4.24. The Bertz CT molecular complexity index is 1270. The molecular weight excluding hydrogens is 402 g/mol. The largest absolute Gasteiger partial charge is 0.439 e. The lowest BCUT2D eigenvalue weighted by Gasteiger charge is -2.10. The average molecular weight is 421 g/mol. The zero-order chi connectivity index (χ0) is 21.1. The Hall–Kier alpha value is -3.72. The van der Waals surface area contributed by atoms with Gasteiger partial charge in [-0.05, 0) is 56.3 Å². The maximum absolute atomic E-state index is 12.4. The molecule has 0 spiro atoms. The number of aryl methyl sites for hydroxylation is 2. The van der Waals surface area contributed by atoms with E-state index in [1.807, 2.05) is 19.9 Å². The maximum Gasteiger partial charge on any atom is 0.261 e. The van der Waals surface area contributed by atoms with Crippen LogP contribution in [0.15, 0.2) is 78.0 Å². The highest BCUT2D eigenvalue weighted by molar-refractivity contribution is 7.92.